The molecule has 11 N–H and O–H groups in total. The number of hydrogen-bond donors (Lipinski definition) is 6. The second-order valence-corrected chi connectivity index (χ2v) is 6.73. The number of nitrogens with zero attached hydrogens (tertiary/aromatic N) is 5. The predicted octanol–water partition coefficient (Wildman–Crippen LogP) is -2.69. The molecule has 12 heteroatoms. The Bertz CT molecular complexity index is 509. The molecule has 1 aromatic heterocycles. The van der Waals surface area contributed by atoms with Gasteiger partial charge in [0.25, 0.3) is 0 Å². The summed E-state index contributed by atoms with van der Waals surface area (Å²) in [6, 6.07) is -0.0553. The molecule has 3 heterocycles. The summed E-state index contributed by atoms with van der Waals surface area (Å²) in [5.41, 5.74) is 26.7. The largest absolute Gasteiger partial charge is 0.338 e. The van der Waals surface area contributed by atoms with Gasteiger partial charge in [0.1, 0.15) is 0 Å². The van der Waals surface area contributed by atoms with Crippen LogP contribution in [0.1, 0.15) is 12.8 Å². The normalized spacial score (nSPS) is 30.0. The molecule has 0 radical (unpaired) electrons. The van der Waals surface area contributed by atoms with Gasteiger partial charge in [0.05, 0.1) is 0 Å². The fourth-order valence-electron chi connectivity index (χ4n) is 3.39. The number of nitrogens with two attached hydrogens (primary N) is 5. The zero-order chi connectivity index (χ0) is 17.3. The first-order chi connectivity index (χ1) is 11.4. The number of piperidine rings is 2. The Labute approximate surface area is 153 Å². The van der Waals surface area contributed by atoms with Crippen molar-refractivity contribution in [3.63, 3.8) is 0 Å². The molecule has 2 aliphatic rings. The van der Waals surface area contributed by atoms with Crippen LogP contribution in [0.5, 0.6) is 0 Å². The first-order valence-electron chi connectivity index (χ1n) is 8.19. The van der Waals surface area contributed by atoms with Crippen molar-refractivity contribution in [2.45, 2.75) is 37.0 Å². The van der Waals surface area contributed by atoms with Gasteiger partial charge in [0.15, 0.2) is 0 Å². The molecule has 2 saturated heterocycles. The van der Waals surface area contributed by atoms with Crippen LogP contribution in [-0.2, 0) is 0 Å². The molecule has 142 valence electrons. The molecule has 11 nitrogen and oxygen atoms in total. The molecule has 0 bridgehead atoms. The highest BCUT2D eigenvalue weighted by Crippen LogP contribution is 2.21. The van der Waals surface area contributed by atoms with E-state index in [2.05, 4.69) is 20.4 Å². The monoisotopic (exact) mass is 373 g/mol. The molecule has 0 aromatic carbocycles. The van der Waals surface area contributed by atoms with Gasteiger partial charge in [-0.1, -0.05) is 0 Å². The van der Waals surface area contributed by atoms with Crippen molar-refractivity contribution in [3.05, 3.63) is 0 Å². The van der Waals surface area contributed by atoms with E-state index in [9.17, 15) is 0 Å². The van der Waals surface area contributed by atoms with Crippen molar-refractivity contribution in [2.24, 2.45) is 28.8 Å². The van der Waals surface area contributed by atoms with Gasteiger partial charge in [-0.25, -0.2) is 5.84 Å². The number of hydrazine groups is 1. The number of rotatable bonds is 3. The highest BCUT2D eigenvalue weighted by molar-refractivity contribution is 5.85. The summed E-state index contributed by atoms with van der Waals surface area (Å²) in [7, 11) is 0. The van der Waals surface area contributed by atoms with E-state index in [1.165, 1.54) is 0 Å². The quantitative estimate of drug-likeness (QED) is 0.239. The summed E-state index contributed by atoms with van der Waals surface area (Å²) in [6.45, 7) is 2.56. The van der Waals surface area contributed by atoms with E-state index in [1.807, 2.05) is 9.80 Å². The predicted molar refractivity (Wildman–Crippen MR) is 100 cm³/mol. The minimum atomic E-state index is -0.0138. The van der Waals surface area contributed by atoms with Crippen molar-refractivity contribution < 1.29 is 0 Å². The molecular formula is C13H28ClN11. The smallest absolute Gasteiger partial charge is 0.243 e. The number of anilines is 3. The number of nitrogen functional groups attached to an aromatic ring is 1. The fourth-order valence-corrected chi connectivity index (χ4v) is 3.39. The average molecular weight is 374 g/mol. The number of hydrogen-bond acceptors (Lipinski definition) is 11. The Morgan fingerprint density at radius 3 is 1.40 bits per heavy atom. The van der Waals surface area contributed by atoms with E-state index in [-0.39, 0.29) is 42.5 Å². The first-order valence-corrected chi connectivity index (χ1v) is 8.19. The molecule has 4 atom stereocenters. The minimum absolute atomic E-state index is 0. The van der Waals surface area contributed by atoms with Crippen molar-refractivity contribution in [3.8, 4) is 0 Å². The van der Waals surface area contributed by atoms with Crippen LogP contribution in [0.15, 0.2) is 0 Å². The lowest BCUT2D eigenvalue weighted by molar-refractivity contribution is 0.441. The molecule has 2 aliphatic heterocycles. The van der Waals surface area contributed by atoms with Crippen LogP contribution in [0.3, 0.4) is 0 Å². The van der Waals surface area contributed by atoms with E-state index < -0.39 is 0 Å². The molecule has 0 aliphatic carbocycles. The Morgan fingerprint density at radius 1 is 0.720 bits per heavy atom. The summed E-state index contributed by atoms with van der Waals surface area (Å²) >= 11 is 0. The maximum Gasteiger partial charge on any atom is 0.243 e. The summed E-state index contributed by atoms with van der Waals surface area (Å²) in [5.74, 6) is 6.82. The van der Waals surface area contributed by atoms with Gasteiger partial charge >= 0.3 is 0 Å². The van der Waals surface area contributed by atoms with Gasteiger partial charge in [-0.15, -0.1) is 12.4 Å². The zero-order valence-electron chi connectivity index (χ0n) is 14.1. The third-order valence-electron chi connectivity index (χ3n) is 4.34. The van der Waals surface area contributed by atoms with E-state index >= 15 is 0 Å². The Balaban J connectivity index is 0.00000225. The Morgan fingerprint density at radius 2 is 1.08 bits per heavy atom. The molecule has 0 unspecified atom stereocenters. The van der Waals surface area contributed by atoms with Crippen LogP contribution in [-0.4, -0.2) is 65.3 Å². The van der Waals surface area contributed by atoms with Crippen molar-refractivity contribution in [1.82, 2.24) is 15.0 Å². The molecule has 25 heavy (non-hydrogen) atoms. The second kappa shape index (κ2) is 8.25. The van der Waals surface area contributed by atoms with E-state index in [0.29, 0.717) is 38.1 Å². The minimum Gasteiger partial charge on any atom is -0.338 e. The molecule has 0 amide bonds. The Kier molecular flexibility index (Phi) is 6.54. The molecular weight excluding hydrogens is 346 g/mol. The van der Waals surface area contributed by atoms with Gasteiger partial charge in [0.2, 0.25) is 17.8 Å². The maximum atomic E-state index is 6.06. The van der Waals surface area contributed by atoms with Gasteiger partial charge in [-0.05, 0) is 12.8 Å². The Hall–Kier alpha value is -1.50. The highest BCUT2D eigenvalue weighted by Gasteiger charge is 2.28. The molecule has 2 fully saturated rings. The van der Waals surface area contributed by atoms with Crippen LogP contribution in [0.2, 0.25) is 0 Å². The topological polar surface area (TPSA) is 187 Å². The summed E-state index contributed by atoms with van der Waals surface area (Å²) in [4.78, 5) is 17.2. The SMILES string of the molecule is Cl.NNc1nc(N2C[C@H](N)C[C@H](N)C2)nc(N2C[C@H](N)C[C@H](N)C2)n1. The van der Waals surface area contributed by atoms with Crippen LogP contribution >= 0.6 is 12.4 Å². The first kappa shape index (κ1) is 19.8. The van der Waals surface area contributed by atoms with E-state index in [4.69, 9.17) is 28.8 Å². The number of halogens is 1. The average Bonchev–Trinajstić information content (AvgIpc) is 2.52. The van der Waals surface area contributed by atoms with Crippen LogP contribution in [0.4, 0.5) is 17.8 Å². The van der Waals surface area contributed by atoms with Crippen molar-refractivity contribution in [2.75, 3.05) is 41.4 Å². The molecule has 0 spiro atoms. The van der Waals surface area contributed by atoms with Gasteiger partial charge in [-0.2, -0.15) is 15.0 Å². The van der Waals surface area contributed by atoms with Crippen LogP contribution in [0.25, 0.3) is 0 Å². The van der Waals surface area contributed by atoms with Crippen LogP contribution < -0.4 is 44.0 Å². The number of nitrogens with one attached hydrogen (secondary N) is 1. The lowest BCUT2D eigenvalue weighted by Crippen LogP contribution is -2.54. The van der Waals surface area contributed by atoms with E-state index in [1.54, 1.807) is 0 Å². The second-order valence-electron chi connectivity index (χ2n) is 6.73. The van der Waals surface area contributed by atoms with Crippen molar-refractivity contribution in [1.29, 1.82) is 0 Å². The molecule has 1 aromatic rings. The van der Waals surface area contributed by atoms with Crippen molar-refractivity contribution >= 4 is 30.3 Å². The standard InChI is InChI=1S/C13H27N11.ClH/c14-7-1-8(15)4-23(3-7)12-19-11(22-18)20-13(21-12)24-5-9(16)2-10(17)6-24;/h7-10H,1-6,14-18H2,(H,19,20,21,22);1H/t7-,8+,9-,10+;. The summed E-state index contributed by atoms with van der Waals surface area (Å²) in [5, 5.41) is 0. The summed E-state index contributed by atoms with van der Waals surface area (Å²) < 4.78 is 0. The summed E-state index contributed by atoms with van der Waals surface area (Å²) in [6.07, 6.45) is 1.57. The lowest BCUT2D eigenvalue weighted by atomic mass is 10.0. The number of aromatic nitrogens is 3. The lowest BCUT2D eigenvalue weighted by Gasteiger charge is -2.36. The van der Waals surface area contributed by atoms with Gasteiger partial charge in [0, 0.05) is 50.3 Å². The maximum absolute atomic E-state index is 6.06. The molecule has 3 rings (SSSR count). The van der Waals surface area contributed by atoms with Crippen LogP contribution in [0, 0.1) is 0 Å². The third kappa shape index (κ3) is 4.77. The van der Waals surface area contributed by atoms with E-state index in [0.717, 1.165) is 12.8 Å². The highest BCUT2D eigenvalue weighted by atomic mass is 35.5. The van der Waals surface area contributed by atoms with Gasteiger partial charge in [-0.3, -0.25) is 5.43 Å². The van der Waals surface area contributed by atoms with Gasteiger partial charge < -0.3 is 32.7 Å². The fraction of sp³-hybridized carbons (Fsp3) is 0.769. The molecule has 0 saturated carbocycles. The third-order valence-corrected chi connectivity index (χ3v) is 4.34. The zero-order valence-corrected chi connectivity index (χ0v) is 14.9.